The van der Waals surface area contributed by atoms with Crippen LogP contribution in [0.1, 0.15) is 16.7 Å². The Bertz CT molecular complexity index is 840. The molecule has 4 nitrogen and oxygen atoms in total. The molecule has 0 saturated carbocycles. The zero-order chi connectivity index (χ0) is 16.9. The van der Waals surface area contributed by atoms with E-state index in [-0.39, 0.29) is 12.5 Å². The third-order valence-electron chi connectivity index (χ3n) is 4.02. The van der Waals surface area contributed by atoms with E-state index < -0.39 is 0 Å². The molecule has 124 valence electrons. The van der Waals surface area contributed by atoms with Crippen LogP contribution in [0.5, 0.6) is 0 Å². The molecular weight excluding hydrogens is 324 g/mol. The predicted octanol–water partition coefficient (Wildman–Crippen LogP) is 3.22. The number of amides is 1. The van der Waals surface area contributed by atoms with Crippen molar-refractivity contribution in [2.24, 2.45) is 0 Å². The first kappa shape index (κ1) is 16.6. The second-order valence-electron chi connectivity index (χ2n) is 5.76. The van der Waals surface area contributed by atoms with Gasteiger partial charge in [-0.25, -0.2) is 0 Å². The van der Waals surface area contributed by atoms with Gasteiger partial charge in [0, 0.05) is 28.7 Å². The van der Waals surface area contributed by atoms with E-state index in [9.17, 15) is 4.79 Å². The maximum absolute atomic E-state index is 12.1. The van der Waals surface area contributed by atoms with E-state index in [1.165, 1.54) is 0 Å². The number of aromatic nitrogens is 1. The highest BCUT2D eigenvalue weighted by Gasteiger charge is 2.09. The van der Waals surface area contributed by atoms with E-state index in [1.807, 2.05) is 48.7 Å². The Morgan fingerprint density at radius 3 is 2.62 bits per heavy atom. The van der Waals surface area contributed by atoms with Gasteiger partial charge < -0.3 is 15.4 Å². The van der Waals surface area contributed by atoms with Crippen LogP contribution in [0.25, 0.3) is 10.9 Å². The van der Waals surface area contributed by atoms with Crippen molar-refractivity contribution in [3.05, 3.63) is 70.4 Å². The molecule has 0 aliphatic carbocycles. The Morgan fingerprint density at radius 2 is 1.88 bits per heavy atom. The van der Waals surface area contributed by atoms with Crippen LogP contribution in [0, 0.1) is 0 Å². The molecule has 1 heterocycles. The minimum absolute atomic E-state index is 0.00201. The summed E-state index contributed by atoms with van der Waals surface area (Å²) in [4.78, 5) is 15.3. The Hall–Kier alpha value is -2.30. The van der Waals surface area contributed by atoms with Crippen LogP contribution in [0.2, 0.25) is 5.02 Å². The fraction of sp³-hybridized carbons (Fsp3) is 0.211. The number of rotatable bonds is 6. The number of hydrogen-bond donors (Lipinski definition) is 3. The molecule has 5 heteroatoms. The second-order valence-corrected chi connectivity index (χ2v) is 6.19. The summed E-state index contributed by atoms with van der Waals surface area (Å²) in [6, 6.07) is 13.4. The standard InChI is InChI=1S/C19H19ClN2O2/c20-16-5-6-17-15(11-22-18(17)10-16)9-19(24)21-8-7-13-1-3-14(12-23)4-2-13/h1-6,10-11,22-23H,7-9,12H2,(H,21,24). The van der Waals surface area contributed by atoms with Gasteiger partial charge in [-0.15, -0.1) is 0 Å². The van der Waals surface area contributed by atoms with Crippen molar-refractivity contribution in [2.75, 3.05) is 6.54 Å². The molecular formula is C19H19ClN2O2. The Kier molecular flexibility index (Phi) is 5.18. The van der Waals surface area contributed by atoms with Gasteiger partial charge in [0.15, 0.2) is 0 Å². The average Bonchev–Trinajstić information content (AvgIpc) is 2.97. The summed E-state index contributed by atoms with van der Waals surface area (Å²) < 4.78 is 0. The molecule has 0 radical (unpaired) electrons. The molecule has 0 unspecified atom stereocenters. The van der Waals surface area contributed by atoms with Crippen LogP contribution in [0.3, 0.4) is 0 Å². The van der Waals surface area contributed by atoms with Gasteiger partial charge in [-0.2, -0.15) is 0 Å². The van der Waals surface area contributed by atoms with Crippen molar-refractivity contribution in [3.8, 4) is 0 Å². The number of aromatic amines is 1. The monoisotopic (exact) mass is 342 g/mol. The number of halogens is 1. The van der Waals surface area contributed by atoms with Gasteiger partial charge >= 0.3 is 0 Å². The minimum atomic E-state index is -0.00201. The van der Waals surface area contributed by atoms with Gasteiger partial charge in [-0.05, 0) is 35.2 Å². The second kappa shape index (κ2) is 7.51. The summed E-state index contributed by atoms with van der Waals surface area (Å²) in [5.41, 5.74) is 3.93. The molecule has 0 atom stereocenters. The van der Waals surface area contributed by atoms with Crippen LogP contribution < -0.4 is 5.32 Å². The molecule has 3 rings (SSSR count). The number of carbonyl (C=O) groups is 1. The first-order chi connectivity index (χ1) is 11.7. The average molecular weight is 343 g/mol. The smallest absolute Gasteiger partial charge is 0.224 e. The lowest BCUT2D eigenvalue weighted by Crippen LogP contribution is -2.27. The van der Waals surface area contributed by atoms with Gasteiger partial charge in [-0.3, -0.25) is 4.79 Å². The fourth-order valence-electron chi connectivity index (χ4n) is 2.70. The summed E-state index contributed by atoms with van der Waals surface area (Å²) in [7, 11) is 0. The van der Waals surface area contributed by atoms with Crippen LogP contribution >= 0.6 is 11.6 Å². The number of aliphatic hydroxyl groups is 1. The highest BCUT2D eigenvalue weighted by molar-refractivity contribution is 6.31. The topological polar surface area (TPSA) is 65.1 Å². The van der Waals surface area contributed by atoms with Crippen LogP contribution in [-0.2, 0) is 24.2 Å². The van der Waals surface area contributed by atoms with E-state index >= 15 is 0 Å². The van der Waals surface area contributed by atoms with Crippen LogP contribution in [-0.4, -0.2) is 22.5 Å². The van der Waals surface area contributed by atoms with Crippen molar-refractivity contribution in [3.63, 3.8) is 0 Å². The normalized spacial score (nSPS) is 10.9. The van der Waals surface area contributed by atoms with Crippen LogP contribution in [0.15, 0.2) is 48.7 Å². The third-order valence-corrected chi connectivity index (χ3v) is 4.26. The van der Waals surface area contributed by atoms with E-state index in [2.05, 4.69) is 10.3 Å². The number of hydrogen-bond acceptors (Lipinski definition) is 2. The van der Waals surface area contributed by atoms with Crippen molar-refractivity contribution < 1.29 is 9.90 Å². The quantitative estimate of drug-likeness (QED) is 0.644. The lowest BCUT2D eigenvalue weighted by Gasteiger charge is -2.06. The molecule has 1 aromatic heterocycles. The Labute approximate surface area is 145 Å². The van der Waals surface area contributed by atoms with Gasteiger partial charge in [0.1, 0.15) is 0 Å². The highest BCUT2D eigenvalue weighted by atomic mass is 35.5. The molecule has 0 bridgehead atoms. The fourth-order valence-corrected chi connectivity index (χ4v) is 2.87. The lowest BCUT2D eigenvalue weighted by atomic mass is 10.1. The molecule has 0 aliphatic rings. The molecule has 0 saturated heterocycles. The summed E-state index contributed by atoms with van der Waals surface area (Å²) in [5.74, 6) is -0.00201. The van der Waals surface area contributed by atoms with E-state index in [0.29, 0.717) is 18.0 Å². The third kappa shape index (κ3) is 3.96. The van der Waals surface area contributed by atoms with Crippen molar-refractivity contribution in [1.82, 2.24) is 10.3 Å². The molecule has 1 amide bonds. The van der Waals surface area contributed by atoms with Gasteiger partial charge in [0.25, 0.3) is 0 Å². The lowest BCUT2D eigenvalue weighted by molar-refractivity contribution is -0.120. The van der Waals surface area contributed by atoms with Crippen molar-refractivity contribution >= 4 is 28.4 Å². The number of benzene rings is 2. The Balaban J connectivity index is 1.53. The molecule has 3 N–H and O–H groups in total. The summed E-state index contributed by atoms with van der Waals surface area (Å²) >= 11 is 5.97. The molecule has 0 spiro atoms. The van der Waals surface area contributed by atoms with Gasteiger partial charge in [0.2, 0.25) is 5.91 Å². The number of carbonyl (C=O) groups excluding carboxylic acids is 1. The van der Waals surface area contributed by atoms with Gasteiger partial charge in [-0.1, -0.05) is 41.9 Å². The first-order valence-corrected chi connectivity index (χ1v) is 8.24. The van der Waals surface area contributed by atoms with E-state index in [0.717, 1.165) is 34.0 Å². The van der Waals surface area contributed by atoms with Crippen molar-refractivity contribution in [1.29, 1.82) is 0 Å². The SMILES string of the molecule is O=C(Cc1c[nH]c2cc(Cl)ccc12)NCCc1ccc(CO)cc1. The summed E-state index contributed by atoms with van der Waals surface area (Å²) in [5, 5.41) is 13.7. The van der Waals surface area contributed by atoms with Crippen molar-refractivity contribution in [2.45, 2.75) is 19.4 Å². The molecule has 2 aromatic carbocycles. The number of H-pyrrole nitrogens is 1. The number of nitrogens with one attached hydrogen (secondary N) is 2. The zero-order valence-electron chi connectivity index (χ0n) is 13.2. The van der Waals surface area contributed by atoms with E-state index in [4.69, 9.17) is 16.7 Å². The number of fused-ring (bicyclic) bond motifs is 1. The first-order valence-electron chi connectivity index (χ1n) is 7.86. The van der Waals surface area contributed by atoms with Crippen LogP contribution in [0.4, 0.5) is 0 Å². The predicted molar refractivity (Wildman–Crippen MR) is 96.1 cm³/mol. The highest BCUT2D eigenvalue weighted by Crippen LogP contribution is 2.22. The minimum Gasteiger partial charge on any atom is -0.392 e. The summed E-state index contributed by atoms with van der Waals surface area (Å²) in [6.07, 6.45) is 2.96. The molecule has 3 aromatic rings. The van der Waals surface area contributed by atoms with Gasteiger partial charge in [0.05, 0.1) is 13.0 Å². The summed E-state index contributed by atoms with van der Waals surface area (Å²) in [6.45, 7) is 0.637. The Morgan fingerprint density at radius 1 is 1.12 bits per heavy atom. The molecule has 0 fully saturated rings. The number of aliphatic hydroxyl groups excluding tert-OH is 1. The molecule has 24 heavy (non-hydrogen) atoms. The molecule has 0 aliphatic heterocycles. The maximum atomic E-state index is 12.1. The van der Waals surface area contributed by atoms with E-state index in [1.54, 1.807) is 0 Å². The zero-order valence-corrected chi connectivity index (χ0v) is 13.9. The maximum Gasteiger partial charge on any atom is 0.224 e. The largest absolute Gasteiger partial charge is 0.392 e.